The van der Waals surface area contributed by atoms with Crippen LogP contribution in [0, 0.1) is 0 Å². The molecule has 1 aliphatic rings. The van der Waals surface area contributed by atoms with Crippen LogP contribution in [0.5, 0.6) is 11.5 Å². The lowest BCUT2D eigenvalue weighted by atomic mass is 9.98. The van der Waals surface area contributed by atoms with Gasteiger partial charge in [0, 0.05) is 19.6 Å². The zero-order chi connectivity index (χ0) is 22.3. The lowest BCUT2D eigenvalue weighted by molar-refractivity contribution is 0.250. The van der Waals surface area contributed by atoms with Crippen LogP contribution in [-0.4, -0.2) is 47.2 Å². The largest absolute Gasteiger partial charge is 0.493 e. The van der Waals surface area contributed by atoms with E-state index in [-0.39, 0.29) is 12.4 Å². The Morgan fingerprint density at radius 1 is 1.00 bits per heavy atom. The Morgan fingerprint density at radius 2 is 1.66 bits per heavy atom. The Labute approximate surface area is 198 Å². The predicted molar refractivity (Wildman–Crippen MR) is 131 cm³/mol. The summed E-state index contributed by atoms with van der Waals surface area (Å²) in [5, 5.41) is 0. The number of nitrogens with one attached hydrogen (secondary N) is 1. The van der Waals surface area contributed by atoms with Crippen molar-refractivity contribution in [2.45, 2.75) is 50.5 Å². The van der Waals surface area contributed by atoms with E-state index in [0.717, 1.165) is 63.2 Å². The molecule has 0 unspecified atom stereocenters. The Hall–Kier alpha value is -1.80. The van der Waals surface area contributed by atoms with E-state index in [2.05, 4.69) is 22.6 Å². The average Bonchev–Trinajstić information content (AvgIpc) is 2.79. The maximum absolute atomic E-state index is 12.6. The van der Waals surface area contributed by atoms with Gasteiger partial charge in [0.15, 0.2) is 11.5 Å². The van der Waals surface area contributed by atoms with Gasteiger partial charge in [-0.2, -0.15) is 0 Å². The van der Waals surface area contributed by atoms with Gasteiger partial charge in [-0.05, 0) is 73.2 Å². The minimum Gasteiger partial charge on any atom is -0.493 e. The van der Waals surface area contributed by atoms with E-state index in [9.17, 15) is 8.42 Å². The van der Waals surface area contributed by atoms with Crippen LogP contribution in [0.1, 0.15) is 42.9 Å². The lowest BCUT2D eigenvalue weighted by Crippen LogP contribution is -2.33. The molecule has 0 aromatic heterocycles. The topological polar surface area (TPSA) is 67.9 Å². The standard InChI is InChI=1S/C24H34N2O4S.ClH/c1-4-5-7-19-8-10-22(11-9-19)31(27,28)25-13-6-14-26-15-12-20-16-23(29-2)24(30-3)17-21(20)18-26;/h8-11,16-17,25H,4-7,12-15,18H2,1-3H3;1H. The first-order valence-electron chi connectivity index (χ1n) is 11.0. The van der Waals surface area contributed by atoms with Crippen LogP contribution >= 0.6 is 12.4 Å². The van der Waals surface area contributed by atoms with E-state index >= 15 is 0 Å². The molecule has 2 aromatic rings. The second kappa shape index (κ2) is 12.4. The minimum absolute atomic E-state index is 0. The molecule has 0 radical (unpaired) electrons. The number of unbranched alkanes of at least 4 members (excludes halogenated alkanes) is 1. The van der Waals surface area contributed by atoms with Gasteiger partial charge in [0.1, 0.15) is 0 Å². The molecule has 1 heterocycles. The van der Waals surface area contributed by atoms with Crippen molar-refractivity contribution >= 4 is 22.4 Å². The summed E-state index contributed by atoms with van der Waals surface area (Å²) in [5.41, 5.74) is 3.71. The maximum Gasteiger partial charge on any atom is 0.240 e. The SMILES string of the molecule is CCCCc1ccc(S(=O)(=O)NCCCN2CCc3cc(OC)c(OC)cc3C2)cc1.Cl. The summed E-state index contributed by atoms with van der Waals surface area (Å²) in [6.07, 6.45) is 4.95. The molecule has 1 aliphatic heterocycles. The van der Waals surface area contributed by atoms with Crippen molar-refractivity contribution in [2.24, 2.45) is 0 Å². The Balaban J connectivity index is 0.00000363. The molecule has 0 amide bonds. The van der Waals surface area contributed by atoms with Crippen LogP contribution in [0.4, 0.5) is 0 Å². The molecule has 32 heavy (non-hydrogen) atoms. The van der Waals surface area contributed by atoms with E-state index in [1.54, 1.807) is 26.4 Å². The molecule has 8 heteroatoms. The van der Waals surface area contributed by atoms with Crippen LogP contribution in [0.25, 0.3) is 0 Å². The van der Waals surface area contributed by atoms with Crippen molar-refractivity contribution in [3.8, 4) is 11.5 Å². The molecule has 0 fully saturated rings. The van der Waals surface area contributed by atoms with Crippen molar-refractivity contribution in [1.82, 2.24) is 9.62 Å². The van der Waals surface area contributed by atoms with E-state index in [4.69, 9.17) is 9.47 Å². The number of sulfonamides is 1. The monoisotopic (exact) mass is 482 g/mol. The maximum atomic E-state index is 12.6. The molecule has 0 spiro atoms. The zero-order valence-electron chi connectivity index (χ0n) is 19.2. The molecule has 0 saturated heterocycles. The van der Waals surface area contributed by atoms with Crippen molar-refractivity contribution in [2.75, 3.05) is 33.9 Å². The Bertz CT molecular complexity index is 965. The average molecular weight is 483 g/mol. The first kappa shape index (κ1) is 26.5. The molecule has 3 rings (SSSR count). The summed E-state index contributed by atoms with van der Waals surface area (Å²) in [6, 6.07) is 11.4. The third-order valence-corrected chi connectivity index (χ3v) is 7.27. The molecular weight excluding hydrogens is 448 g/mol. The van der Waals surface area contributed by atoms with E-state index in [1.807, 2.05) is 18.2 Å². The van der Waals surface area contributed by atoms with E-state index in [1.165, 1.54) is 16.7 Å². The highest BCUT2D eigenvalue weighted by atomic mass is 35.5. The van der Waals surface area contributed by atoms with Gasteiger partial charge >= 0.3 is 0 Å². The summed E-state index contributed by atoms with van der Waals surface area (Å²) in [6.45, 7) is 5.21. The number of nitrogens with zero attached hydrogens (tertiary/aromatic N) is 1. The fraction of sp³-hybridized carbons (Fsp3) is 0.500. The highest BCUT2D eigenvalue weighted by Gasteiger charge is 2.19. The molecule has 178 valence electrons. The smallest absolute Gasteiger partial charge is 0.240 e. The van der Waals surface area contributed by atoms with Gasteiger partial charge in [-0.15, -0.1) is 12.4 Å². The van der Waals surface area contributed by atoms with Crippen LogP contribution in [0.15, 0.2) is 41.3 Å². The number of ether oxygens (including phenoxy) is 2. The van der Waals surface area contributed by atoms with Crippen molar-refractivity contribution in [1.29, 1.82) is 0 Å². The molecule has 6 nitrogen and oxygen atoms in total. The summed E-state index contributed by atoms with van der Waals surface area (Å²) in [4.78, 5) is 2.69. The molecule has 1 N–H and O–H groups in total. The fourth-order valence-corrected chi connectivity index (χ4v) is 5.02. The number of fused-ring (bicyclic) bond motifs is 1. The number of methoxy groups -OCH3 is 2. The van der Waals surface area contributed by atoms with Gasteiger partial charge in [-0.3, -0.25) is 4.90 Å². The third kappa shape index (κ3) is 6.85. The summed E-state index contributed by atoms with van der Waals surface area (Å²) >= 11 is 0. The van der Waals surface area contributed by atoms with Gasteiger partial charge in [-0.1, -0.05) is 25.5 Å². The second-order valence-electron chi connectivity index (χ2n) is 8.00. The highest BCUT2D eigenvalue weighted by molar-refractivity contribution is 7.89. The number of halogens is 1. The number of hydrogen-bond acceptors (Lipinski definition) is 5. The second-order valence-corrected chi connectivity index (χ2v) is 9.77. The first-order valence-corrected chi connectivity index (χ1v) is 12.5. The number of hydrogen-bond donors (Lipinski definition) is 1. The van der Waals surface area contributed by atoms with E-state index < -0.39 is 10.0 Å². The van der Waals surface area contributed by atoms with Gasteiger partial charge in [0.2, 0.25) is 10.0 Å². The molecule has 0 aliphatic carbocycles. The van der Waals surface area contributed by atoms with Crippen LogP contribution in [0.3, 0.4) is 0 Å². The van der Waals surface area contributed by atoms with Crippen LogP contribution < -0.4 is 14.2 Å². The van der Waals surface area contributed by atoms with Gasteiger partial charge in [0.25, 0.3) is 0 Å². The summed E-state index contributed by atoms with van der Waals surface area (Å²) in [5.74, 6) is 1.51. The Morgan fingerprint density at radius 3 is 2.28 bits per heavy atom. The predicted octanol–water partition coefficient (Wildman–Crippen LogP) is 4.19. The van der Waals surface area contributed by atoms with Gasteiger partial charge < -0.3 is 9.47 Å². The molecule has 0 atom stereocenters. The van der Waals surface area contributed by atoms with E-state index in [0.29, 0.717) is 11.4 Å². The fourth-order valence-electron chi connectivity index (χ4n) is 3.94. The molecule has 0 bridgehead atoms. The summed E-state index contributed by atoms with van der Waals surface area (Å²) < 4.78 is 38.7. The van der Waals surface area contributed by atoms with Crippen molar-refractivity contribution < 1.29 is 17.9 Å². The minimum atomic E-state index is -3.46. The Kier molecular flexibility index (Phi) is 10.3. The summed E-state index contributed by atoms with van der Waals surface area (Å²) in [7, 11) is -0.162. The van der Waals surface area contributed by atoms with Gasteiger partial charge in [-0.25, -0.2) is 13.1 Å². The third-order valence-electron chi connectivity index (χ3n) is 5.79. The van der Waals surface area contributed by atoms with Crippen LogP contribution in [0.2, 0.25) is 0 Å². The number of rotatable bonds is 11. The first-order chi connectivity index (χ1) is 15.0. The van der Waals surface area contributed by atoms with Crippen LogP contribution in [-0.2, 0) is 29.4 Å². The molecular formula is C24H35ClN2O4S. The number of benzene rings is 2. The zero-order valence-corrected chi connectivity index (χ0v) is 20.9. The number of aryl methyl sites for hydroxylation is 1. The normalized spacial score (nSPS) is 13.8. The highest BCUT2D eigenvalue weighted by Crippen LogP contribution is 2.33. The molecule has 2 aromatic carbocycles. The van der Waals surface area contributed by atoms with Gasteiger partial charge in [0.05, 0.1) is 19.1 Å². The lowest BCUT2D eigenvalue weighted by Gasteiger charge is -2.29. The molecule has 0 saturated carbocycles. The van der Waals surface area contributed by atoms with Crippen molar-refractivity contribution in [3.63, 3.8) is 0 Å². The quantitative estimate of drug-likeness (QED) is 0.486. The van der Waals surface area contributed by atoms with Crippen molar-refractivity contribution in [3.05, 3.63) is 53.1 Å².